The summed E-state index contributed by atoms with van der Waals surface area (Å²) < 4.78 is 0. The molecule has 0 aromatic carbocycles. The van der Waals surface area contributed by atoms with Crippen molar-refractivity contribution in [2.45, 2.75) is 26.7 Å². The second-order valence-corrected chi connectivity index (χ2v) is 2.43. The molecule has 0 aromatic rings. The molecule has 1 nitrogen and oxygen atoms in total. The summed E-state index contributed by atoms with van der Waals surface area (Å²) in [5, 5.41) is 0. The van der Waals surface area contributed by atoms with Crippen LogP contribution in [0.1, 0.15) is 26.7 Å². The Labute approximate surface area is 59.1 Å². The first-order chi connectivity index (χ1) is 4.31. The smallest absolute Gasteiger partial charge is 0.000962 e. The third-order valence-electron chi connectivity index (χ3n) is 1.47. The third-order valence-corrected chi connectivity index (χ3v) is 1.47. The molecule has 0 heterocycles. The maximum absolute atomic E-state index is 2.34. The number of hydrogen-bond donors (Lipinski definition) is 0. The highest BCUT2D eigenvalue weighted by atomic mass is 15.1. The Morgan fingerprint density at radius 3 is 2.44 bits per heavy atom. The zero-order chi connectivity index (χ0) is 7.11. The van der Waals surface area contributed by atoms with Crippen LogP contribution in [0.5, 0.6) is 0 Å². The Morgan fingerprint density at radius 1 is 1.33 bits per heavy atom. The Morgan fingerprint density at radius 2 is 2.00 bits per heavy atom. The first-order valence-electron chi connectivity index (χ1n) is 3.81. The molecule has 1 radical (unpaired) electrons. The number of nitrogens with zero attached hydrogens (tertiary/aromatic N) is 1. The Kier molecular flexibility index (Phi) is 6.06. The van der Waals surface area contributed by atoms with Gasteiger partial charge in [-0.1, -0.05) is 20.3 Å². The molecule has 0 aliphatic heterocycles. The second-order valence-electron chi connectivity index (χ2n) is 2.43. The van der Waals surface area contributed by atoms with E-state index in [4.69, 9.17) is 0 Å². The maximum Gasteiger partial charge on any atom is 0.000962 e. The lowest BCUT2D eigenvalue weighted by Gasteiger charge is -2.11. The summed E-state index contributed by atoms with van der Waals surface area (Å²) in [7, 11) is 2.14. The molecule has 0 aliphatic carbocycles. The molecule has 0 saturated carbocycles. The van der Waals surface area contributed by atoms with Gasteiger partial charge in [-0.05, 0) is 26.4 Å². The fourth-order valence-electron chi connectivity index (χ4n) is 0.645. The molecule has 9 heavy (non-hydrogen) atoms. The van der Waals surface area contributed by atoms with Gasteiger partial charge in [-0.15, -0.1) is 0 Å². The van der Waals surface area contributed by atoms with Gasteiger partial charge in [0.2, 0.25) is 0 Å². The minimum atomic E-state index is 1.14. The first-order valence-corrected chi connectivity index (χ1v) is 3.81. The first kappa shape index (κ1) is 8.96. The van der Waals surface area contributed by atoms with E-state index in [1.807, 2.05) is 0 Å². The van der Waals surface area contributed by atoms with Gasteiger partial charge >= 0.3 is 0 Å². The molecule has 0 bridgehead atoms. The van der Waals surface area contributed by atoms with Gasteiger partial charge < -0.3 is 4.90 Å². The molecule has 0 rings (SSSR count). The lowest BCUT2D eigenvalue weighted by molar-refractivity contribution is 0.376. The van der Waals surface area contributed by atoms with Gasteiger partial charge in [0.25, 0.3) is 0 Å². The summed E-state index contributed by atoms with van der Waals surface area (Å²) in [6.45, 7) is 6.69. The highest BCUT2D eigenvalue weighted by Crippen LogP contribution is 1.93. The predicted octanol–water partition coefficient (Wildman–Crippen LogP) is 1.94. The molecule has 0 atom stereocenters. The summed E-state index contributed by atoms with van der Waals surface area (Å²) >= 11 is 0. The van der Waals surface area contributed by atoms with Crippen LogP contribution in [0.15, 0.2) is 0 Å². The molecule has 0 spiro atoms. The average molecular weight is 128 g/mol. The summed E-state index contributed by atoms with van der Waals surface area (Å²) in [6.07, 6.45) is 4.87. The van der Waals surface area contributed by atoms with E-state index in [9.17, 15) is 0 Å². The van der Waals surface area contributed by atoms with E-state index in [1.54, 1.807) is 0 Å². The average Bonchev–Trinajstić information content (AvgIpc) is 1.89. The van der Waals surface area contributed by atoms with Gasteiger partial charge in [0.1, 0.15) is 0 Å². The van der Waals surface area contributed by atoms with Crippen LogP contribution in [0.4, 0.5) is 0 Å². The van der Waals surface area contributed by atoms with Crippen molar-refractivity contribution in [1.29, 1.82) is 0 Å². The standard InChI is InChI=1S/C8H18N/c1-4-6-7-8-9(3)5-2/h7H,4-6,8H2,1-3H3. The van der Waals surface area contributed by atoms with Crippen molar-refractivity contribution in [3.05, 3.63) is 6.42 Å². The molecule has 0 amide bonds. The Hall–Kier alpha value is -0.0400. The molecular weight excluding hydrogens is 110 g/mol. The van der Waals surface area contributed by atoms with Gasteiger partial charge in [0.15, 0.2) is 0 Å². The van der Waals surface area contributed by atoms with Gasteiger partial charge in [-0.3, -0.25) is 0 Å². The Bertz CT molecular complexity index is 52.5. The van der Waals surface area contributed by atoms with Crippen LogP contribution in [0, 0.1) is 6.42 Å². The highest BCUT2D eigenvalue weighted by molar-refractivity contribution is 4.66. The van der Waals surface area contributed by atoms with Crippen LogP contribution < -0.4 is 0 Å². The minimum Gasteiger partial charge on any atom is -0.306 e. The fourth-order valence-corrected chi connectivity index (χ4v) is 0.645. The monoisotopic (exact) mass is 128 g/mol. The van der Waals surface area contributed by atoms with Crippen LogP contribution in [0.3, 0.4) is 0 Å². The normalized spacial score (nSPS) is 10.7. The van der Waals surface area contributed by atoms with E-state index in [0.717, 1.165) is 13.1 Å². The largest absolute Gasteiger partial charge is 0.306 e. The lowest BCUT2D eigenvalue weighted by atomic mass is 10.2. The summed E-state index contributed by atoms with van der Waals surface area (Å²) in [5.41, 5.74) is 0. The van der Waals surface area contributed by atoms with Crippen molar-refractivity contribution in [3.63, 3.8) is 0 Å². The highest BCUT2D eigenvalue weighted by Gasteiger charge is 1.91. The van der Waals surface area contributed by atoms with Gasteiger partial charge in [0.05, 0.1) is 0 Å². The lowest BCUT2D eigenvalue weighted by Crippen LogP contribution is -2.18. The number of unbranched alkanes of at least 4 members (excludes halogenated alkanes) is 2. The van der Waals surface area contributed by atoms with Crippen molar-refractivity contribution in [2.24, 2.45) is 0 Å². The van der Waals surface area contributed by atoms with Crippen LogP contribution >= 0.6 is 0 Å². The maximum atomic E-state index is 2.34. The minimum absolute atomic E-state index is 1.14. The summed E-state index contributed by atoms with van der Waals surface area (Å²) in [6, 6.07) is 0. The molecule has 55 valence electrons. The van der Waals surface area contributed by atoms with Gasteiger partial charge in [-0.2, -0.15) is 0 Å². The molecule has 0 saturated heterocycles. The molecule has 0 N–H and O–H groups in total. The van der Waals surface area contributed by atoms with E-state index in [0.29, 0.717) is 0 Å². The van der Waals surface area contributed by atoms with E-state index >= 15 is 0 Å². The molecule has 1 heteroatoms. The molecule has 0 aliphatic rings. The van der Waals surface area contributed by atoms with E-state index in [-0.39, 0.29) is 0 Å². The van der Waals surface area contributed by atoms with Crippen molar-refractivity contribution in [2.75, 3.05) is 20.1 Å². The van der Waals surface area contributed by atoms with Crippen molar-refractivity contribution in [3.8, 4) is 0 Å². The second kappa shape index (κ2) is 6.09. The van der Waals surface area contributed by atoms with E-state index in [1.165, 1.54) is 12.8 Å². The molecule has 0 fully saturated rings. The van der Waals surface area contributed by atoms with Crippen molar-refractivity contribution >= 4 is 0 Å². The molecule has 0 aromatic heterocycles. The van der Waals surface area contributed by atoms with Crippen LogP contribution in [0.25, 0.3) is 0 Å². The van der Waals surface area contributed by atoms with Gasteiger partial charge in [0, 0.05) is 6.54 Å². The quantitative estimate of drug-likeness (QED) is 0.511. The number of rotatable bonds is 5. The van der Waals surface area contributed by atoms with E-state index < -0.39 is 0 Å². The Balaban J connectivity index is 2.88. The summed E-state index contributed by atoms with van der Waals surface area (Å²) in [4.78, 5) is 2.30. The molecule has 0 unspecified atom stereocenters. The van der Waals surface area contributed by atoms with Crippen molar-refractivity contribution < 1.29 is 0 Å². The van der Waals surface area contributed by atoms with E-state index in [2.05, 4.69) is 32.2 Å². The zero-order valence-corrected chi connectivity index (χ0v) is 6.85. The van der Waals surface area contributed by atoms with Crippen LogP contribution in [0.2, 0.25) is 0 Å². The zero-order valence-electron chi connectivity index (χ0n) is 6.85. The topological polar surface area (TPSA) is 3.24 Å². The number of hydrogen-bond acceptors (Lipinski definition) is 1. The SMILES string of the molecule is CCC[CH]CN(C)CC. The van der Waals surface area contributed by atoms with Gasteiger partial charge in [-0.25, -0.2) is 0 Å². The molecular formula is C8H18N. The van der Waals surface area contributed by atoms with Crippen molar-refractivity contribution in [1.82, 2.24) is 4.90 Å². The summed E-state index contributed by atoms with van der Waals surface area (Å²) in [5.74, 6) is 0. The third kappa shape index (κ3) is 5.84. The predicted molar refractivity (Wildman–Crippen MR) is 42.4 cm³/mol. The van der Waals surface area contributed by atoms with Crippen LogP contribution in [-0.4, -0.2) is 25.0 Å². The van der Waals surface area contributed by atoms with Crippen LogP contribution in [-0.2, 0) is 0 Å². The fraction of sp³-hybridized carbons (Fsp3) is 0.875.